The molecule has 0 aliphatic heterocycles. The smallest absolute Gasteiger partial charge is 0.332 e. The standard InChI is InChI=1S/C13H16BrNO3/c1-4-13(14,12(17)18-3)11(16)15(2)10-8-6-5-7-9-10/h5-9H,4H2,1-3H3. The molecule has 0 saturated heterocycles. The van der Waals surface area contributed by atoms with Gasteiger partial charge in [-0.3, -0.25) is 4.79 Å². The monoisotopic (exact) mass is 313 g/mol. The number of ether oxygens (including phenoxy) is 1. The zero-order valence-electron chi connectivity index (χ0n) is 10.6. The van der Waals surface area contributed by atoms with Crippen molar-refractivity contribution >= 4 is 33.5 Å². The lowest BCUT2D eigenvalue weighted by molar-refractivity contribution is -0.146. The summed E-state index contributed by atoms with van der Waals surface area (Å²) in [6.07, 6.45) is 0.315. The van der Waals surface area contributed by atoms with Crippen molar-refractivity contribution in [3.05, 3.63) is 30.3 Å². The van der Waals surface area contributed by atoms with Crippen molar-refractivity contribution in [2.24, 2.45) is 0 Å². The van der Waals surface area contributed by atoms with Crippen LogP contribution in [0.1, 0.15) is 13.3 Å². The van der Waals surface area contributed by atoms with Gasteiger partial charge in [0.25, 0.3) is 5.91 Å². The highest BCUT2D eigenvalue weighted by atomic mass is 79.9. The summed E-state index contributed by atoms with van der Waals surface area (Å²) in [6, 6.07) is 9.14. The van der Waals surface area contributed by atoms with Crippen molar-refractivity contribution in [2.45, 2.75) is 17.7 Å². The van der Waals surface area contributed by atoms with Gasteiger partial charge in [0.15, 0.2) is 0 Å². The molecule has 0 bridgehead atoms. The number of carbonyl (C=O) groups is 2. The van der Waals surface area contributed by atoms with Gasteiger partial charge in [-0.15, -0.1) is 0 Å². The number of carbonyl (C=O) groups excluding carboxylic acids is 2. The maximum atomic E-state index is 12.4. The van der Waals surface area contributed by atoms with Crippen LogP contribution in [0.25, 0.3) is 0 Å². The zero-order valence-corrected chi connectivity index (χ0v) is 12.2. The highest BCUT2D eigenvalue weighted by Crippen LogP contribution is 2.28. The van der Waals surface area contributed by atoms with E-state index in [-0.39, 0.29) is 5.91 Å². The fraction of sp³-hybridized carbons (Fsp3) is 0.385. The third kappa shape index (κ3) is 2.72. The number of alkyl halides is 1. The summed E-state index contributed by atoms with van der Waals surface area (Å²) in [5.41, 5.74) is 0.726. The molecule has 0 heterocycles. The van der Waals surface area contributed by atoms with Crippen molar-refractivity contribution in [2.75, 3.05) is 19.1 Å². The quantitative estimate of drug-likeness (QED) is 0.487. The summed E-state index contributed by atoms with van der Waals surface area (Å²) in [6.45, 7) is 1.75. The number of benzene rings is 1. The first-order valence-electron chi connectivity index (χ1n) is 5.58. The molecule has 1 unspecified atom stereocenters. The number of nitrogens with zero attached hydrogens (tertiary/aromatic N) is 1. The van der Waals surface area contributed by atoms with Gasteiger partial charge in [0, 0.05) is 12.7 Å². The van der Waals surface area contributed by atoms with Crippen molar-refractivity contribution in [1.82, 2.24) is 0 Å². The Bertz CT molecular complexity index is 435. The Hall–Kier alpha value is -1.36. The van der Waals surface area contributed by atoms with Crippen LogP contribution in [0.15, 0.2) is 30.3 Å². The Morgan fingerprint density at radius 3 is 2.33 bits per heavy atom. The topological polar surface area (TPSA) is 46.6 Å². The second kappa shape index (κ2) is 6.00. The summed E-state index contributed by atoms with van der Waals surface area (Å²) >= 11 is 3.21. The molecule has 0 radical (unpaired) electrons. The number of esters is 1. The molecule has 0 N–H and O–H groups in total. The average molecular weight is 314 g/mol. The Balaban J connectivity index is 3.02. The highest BCUT2D eigenvalue weighted by Gasteiger charge is 2.45. The summed E-state index contributed by atoms with van der Waals surface area (Å²) in [7, 11) is 2.90. The van der Waals surface area contributed by atoms with Gasteiger partial charge in [0.2, 0.25) is 4.32 Å². The first-order chi connectivity index (χ1) is 8.47. The Kier molecular flexibility index (Phi) is 4.90. The molecule has 0 aliphatic carbocycles. The lowest BCUT2D eigenvalue weighted by Gasteiger charge is -2.27. The zero-order chi connectivity index (χ0) is 13.8. The lowest BCUT2D eigenvalue weighted by atomic mass is 10.0. The molecule has 1 atom stereocenters. The van der Waals surface area contributed by atoms with Crippen molar-refractivity contribution < 1.29 is 14.3 Å². The molecule has 1 amide bonds. The molecule has 0 aromatic heterocycles. The van der Waals surface area contributed by atoms with Crippen LogP contribution in [0.5, 0.6) is 0 Å². The maximum Gasteiger partial charge on any atom is 0.332 e. The van der Waals surface area contributed by atoms with Crippen LogP contribution < -0.4 is 4.90 Å². The summed E-state index contributed by atoms with van der Waals surface area (Å²) in [5, 5.41) is 0. The highest BCUT2D eigenvalue weighted by molar-refractivity contribution is 9.10. The largest absolute Gasteiger partial charge is 0.468 e. The number of halogens is 1. The van der Waals surface area contributed by atoms with Gasteiger partial charge in [-0.2, -0.15) is 0 Å². The summed E-state index contributed by atoms with van der Waals surface area (Å²) < 4.78 is 3.35. The first kappa shape index (κ1) is 14.7. The van der Waals surface area contributed by atoms with E-state index < -0.39 is 10.3 Å². The molecule has 18 heavy (non-hydrogen) atoms. The first-order valence-corrected chi connectivity index (χ1v) is 6.37. The van der Waals surface area contributed by atoms with Crippen LogP contribution in [-0.4, -0.2) is 30.4 Å². The molecule has 98 valence electrons. The number of hydrogen-bond acceptors (Lipinski definition) is 3. The van der Waals surface area contributed by atoms with Crippen LogP contribution in [0.3, 0.4) is 0 Å². The van der Waals surface area contributed by atoms with E-state index in [4.69, 9.17) is 0 Å². The van der Waals surface area contributed by atoms with E-state index in [9.17, 15) is 9.59 Å². The maximum absolute atomic E-state index is 12.4. The van der Waals surface area contributed by atoms with E-state index >= 15 is 0 Å². The minimum Gasteiger partial charge on any atom is -0.468 e. The van der Waals surface area contributed by atoms with Crippen LogP contribution in [0.4, 0.5) is 5.69 Å². The number of rotatable bonds is 4. The van der Waals surface area contributed by atoms with E-state index in [2.05, 4.69) is 20.7 Å². The third-order valence-corrected chi connectivity index (χ3v) is 4.01. The molecule has 1 rings (SSSR count). The van der Waals surface area contributed by atoms with Crippen LogP contribution in [-0.2, 0) is 14.3 Å². The molecule has 1 aromatic carbocycles. The van der Waals surface area contributed by atoms with Crippen molar-refractivity contribution in [3.63, 3.8) is 0 Å². The average Bonchev–Trinajstić information content (AvgIpc) is 2.44. The van der Waals surface area contributed by atoms with Gasteiger partial charge in [-0.05, 0) is 18.6 Å². The van der Waals surface area contributed by atoms with Crippen molar-refractivity contribution in [3.8, 4) is 0 Å². The van der Waals surface area contributed by atoms with E-state index in [1.807, 2.05) is 18.2 Å². The number of amides is 1. The molecule has 0 aliphatic rings. The predicted molar refractivity (Wildman–Crippen MR) is 73.8 cm³/mol. The van der Waals surface area contributed by atoms with E-state index in [0.29, 0.717) is 6.42 Å². The molecular formula is C13H16BrNO3. The van der Waals surface area contributed by atoms with Gasteiger partial charge in [-0.1, -0.05) is 41.1 Å². The Labute approximate surface area is 115 Å². The van der Waals surface area contributed by atoms with Crippen molar-refractivity contribution in [1.29, 1.82) is 0 Å². The minimum atomic E-state index is -1.33. The molecule has 0 spiro atoms. The Morgan fingerprint density at radius 1 is 1.33 bits per heavy atom. The molecule has 1 aromatic rings. The van der Waals surface area contributed by atoms with Gasteiger partial charge in [0.1, 0.15) is 0 Å². The van der Waals surface area contributed by atoms with Gasteiger partial charge in [0.05, 0.1) is 7.11 Å². The fourth-order valence-electron chi connectivity index (χ4n) is 1.58. The molecule has 5 heteroatoms. The Morgan fingerprint density at radius 2 is 1.89 bits per heavy atom. The van der Waals surface area contributed by atoms with Crippen LogP contribution >= 0.6 is 15.9 Å². The SMILES string of the molecule is CCC(Br)(C(=O)OC)C(=O)N(C)c1ccccc1. The lowest BCUT2D eigenvalue weighted by Crippen LogP contribution is -2.49. The fourth-order valence-corrected chi connectivity index (χ4v) is 2.01. The van der Waals surface area contributed by atoms with Gasteiger partial charge in [-0.25, -0.2) is 4.79 Å². The summed E-state index contributed by atoms with van der Waals surface area (Å²) in [5.74, 6) is -0.930. The number of hydrogen-bond donors (Lipinski definition) is 0. The summed E-state index contributed by atoms with van der Waals surface area (Å²) in [4.78, 5) is 25.5. The van der Waals surface area contributed by atoms with Gasteiger partial charge < -0.3 is 9.64 Å². The predicted octanol–water partition coefficient (Wildman–Crippen LogP) is 2.37. The third-order valence-electron chi connectivity index (χ3n) is 2.78. The second-order valence-electron chi connectivity index (χ2n) is 3.85. The molecular weight excluding hydrogens is 298 g/mol. The minimum absolute atomic E-state index is 0.315. The van der Waals surface area contributed by atoms with Gasteiger partial charge >= 0.3 is 5.97 Å². The number of methoxy groups -OCH3 is 1. The van der Waals surface area contributed by atoms with E-state index in [1.165, 1.54) is 12.0 Å². The molecule has 0 saturated carbocycles. The number of para-hydroxylation sites is 1. The van der Waals surface area contributed by atoms with E-state index in [1.54, 1.807) is 26.1 Å². The molecule has 4 nitrogen and oxygen atoms in total. The van der Waals surface area contributed by atoms with Crippen LogP contribution in [0, 0.1) is 0 Å². The molecule has 0 fully saturated rings. The van der Waals surface area contributed by atoms with Crippen LogP contribution in [0.2, 0.25) is 0 Å². The normalized spacial score (nSPS) is 13.6. The van der Waals surface area contributed by atoms with E-state index in [0.717, 1.165) is 5.69 Å². The second-order valence-corrected chi connectivity index (χ2v) is 5.20. The number of anilines is 1.